The molecule has 0 N–H and O–H groups in total. The van der Waals surface area contributed by atoms with Crippen LogP contribution in [0, 0.1) is 29.4 Å². The maximum atomic E-state index is 14.8. The molecule has 146 valence electrons. The first-order valence-electron chi connectivity index (χ1n) is 9.88. The minimum atomic E-state index is -2.63. The van der Waals surface area contributed by atoms with E-state index in [2.05, 4.69) is 0 Å². The Morgan fingerprint density at radius 1 is 1.04 bits per heavy atom. The van der Waals surface area contributed by atoms with E-state index in [0.29, 0.717) is 44.1 Å². The summed E-state index contributed by atoms with van der Waals surface area (Å²) in [6.07, 6.45) is 4.09. The molecule has 2 fully saturated rings. The SMILES string of the molecule is CCCC1CC2CCC(c3ccc(OCC)c(F)c3F)CCC2C1(F)F. The number of alkyl halides is 2. The topological polar surface area (TPSA) is 9.23 Å². The van der Waals surface area contributed by atoms with Gasteiger partial charge in [0.15, 0.2) is 11.6 Å². The van der Waals surface area contributed by atoms with Crippen LogP contribution in [0.4, 0.5) is 17.6 Å². The Bertz CT molecular complexity index is 631. The first kappa shape index (κ1) is 19.5. The minimum Gasteiger partial charge on any atom is -0.491 e. The smallest absolute Gasteiger partial charge is 0.253 e. The molecule has 1 aromatic rings. The maximum Gasteiger partial charge on any atom is 0.253 e. The number of benzene rings is 1. The molecule has 2 saturated carbocycles. The van der Waals surface area contributed by atoms with Crippen LogP contribution < -0.4 is 4.74 Å². The van der Waals surface area contributed by atoms with Gasteiger partial charge in [-0.3, -0.25) is 0 Å². The maximum absolute atomic E-state index is 14.8. The highest BCUT2D eigenvalue weighted by atomic mass is 19.3. The molecule has 0 spiro atoms. The summed E-state index contributed by atoms with van der Waals surface area (Å²) < 4.78 is 63.3. The van der Waals surface area contributed by atoms with E-state index in [1.54, 1.807) is 13.0 Å². The van der Waals surface area contributed by atoms with Crippen LogP contribution in [0.25, 0.3) is 0 Å². The summed E-state index contributed by atoms with van der Waals surface area (Å²) in [6, 6.07) is 3.02. The highest BCUT2D eigenvalue weighted by molar-refractivity contribution is 5.33. The molecular weight excluding hydrogens is 344 g/mol. The van der Waals surface area contributed by atoms with Crippen molar-refractivity contribution in [2.75, 3.05) is 6.61 Å². The van der Waals surface area contributed by atoms with Gasteiger partial charge < -0.3 is 4.74 Å². The second-order valence-corrected chi connectivity index (χ2v) is 7.83. The van der Waals surface area contributed by atoms with Gasteiger partial charge in [0.05, 0.1) is 6.61 Å². The zero-order chi connectivity index (χ0) is 18.9. The van der Waals surface area contributed by atoms with Gasteiger partial charge in [0, 0.05) is 11.8 Å². The predicted octanol–water partition coefficient (Wildman–Crippen LogP) is 6.71. The highest BCUT2D eigenvalue weighted by Gasteiger charge is 2.56. The zero-order valence-electron chi connectivity index (χ0n) is 15.5. The molecular formula is C21H28F4O. The van der Waals surface area contributed by atoms with Gasteiger partial charge in [-0.25, -0.2) is 13.2 Å². The van der Waals surface area contributed by atoms with Crippen molar-refractivity contribution in [3.05, 3.63) is 29.3 Å². The van der Waals surface area contributed by atoms with Crippen LogP contribution >= 0.6 is 0 Å². The third kappa shape index (κ3) is 3.46. The molecule has 1 aromatic carbocycles. The lowest BCUT2D eigenvalue weighted by molar-refractivity contribution is -0.0856. The van der Waals surface area contributed by atoms with Gasteiger partial charge in [0.25, 0.3) is 5.92 Å². The molecule has 4 atom stereocenters. The number of fused-ring (bicyclic) bond motifs is 1. The third-order valence-electron chi connectivity index (χ3n) is 6.36. The van der Waals surface area contributed by atoms with Gasteiger partial charge in [-0.1, -0.05) is 19.4 Å². The molecule has 0 radical (unpaired) electrons. The fourth-order valence-electron chi connectivity index (χ4n) is 5.09. The Hall–Kier alpha value is -1.26. The van der Waals surface area contributed by atoms with Crippen LogP contribution in [0.5, 0.6) is 5.75 Å². The molecule has 2 aliphatic rings. The second-order valence-electron chi connectivity index (χ2n) is 7.83. The lowest BCUT2D eigenvalue weighted by Gasteiger charge is -2.26. The average molecular weight is 372 g/mol. The van der Waals surface area contributed by atoms with Crippen LogP contribution in [0.2, 0.25) is 0 Å². The van der Waals surface area contributed by atoms with Crippen LogP contribution in [0.1, 0.15) is 70.3 Å². The molecule has 0 amide bonds. The lowest BCUT2D eigenvalue weighted by atomic mass is 9.87. The average Bonchev–Trinajstić information content (AvgIpc) is 2.75. The molecule has 1 nitrogen and oxygen atoms in total. The molecule has 0 saturated heterocycles. The standard InChI is InChI=1S/C21H28F4O/c1-3-5-15-12-14-7-6-13(8-10-17(14)21(15,24)25)16-9-11-18(26-4-2)20(23)19(16)22/h9,11,13-15,17H,3-8,10,12H2,1-2H3. The zero-order valence-corrected chi connectivity index (χ0v) is 15.5. The Kier molecular flexibility index (Phi) is 5.83. The highest BCUT2D eigenvalue weighted by Crippen LogP contribution is 2.56. The van der Waals surface area contributed by atoms with E-state index in [9.17, 15) is 17.6 Å². The van der Waals surface area contributed by atoms with Crippen molar-refractivity contribution < 1.29 is 22.3 Å². The summed E-state index contributed by atoms with van der Waals surface area (Å²) in [5, 5.41) is 0. The monoisotopic (exact) mass is 372 g/mol. The molecule has 2 aliphatic carbocycles. The van der Waals surface area contributed by atoms with Gasteiger partial charge in [-0.15, -0.1) is 0 Å². The van der Waals surface area contributed by atoms with Gasteiger partial charge in [-0.2, -0.15) is 4.39 Å². The van der Waals surface area contributed by atoms with Crippen molar-refractivity contribution >= 4 is 0 Å². The molecule has 0 aromatic heterocycles. The van der Waals surface area contributed by atoms with E-state index in [0.717, 1.165) is 6.42 Å². The van der Waals surface area contributed by atoms with Crippen molar-refractivity contribution in [1.82, 2.24) is 0 Å². The third-order valence-corrected chi connectivity index (χ3v) is 6.36. The van der Waals surface area contributed by atoms with E-state index in [1.807, 2.05) is 6.92 Å². The predicted molar refractivity (Wildman–Crippen MR) is 93.7 cm³/mol. The van der Waals surface area contributed by atoms with E-state index in [1.165, 1.54) is 6.07 Å². The molecule has 26 heavy (non-hydrogen) atoms. The van der Waals surface area contributed by atoms with Gasteiger partial charge in [-0.05, 0) is 68.9 Å². The van der Waals surface area contributed by atoms with E-state index >= 15 is 0 Å². The summed E-state index contributed by atoms with van der Waals surface area (Å²) in [4.78, 5) is 0. The molecule has 0 aliphatic heterocycles. The number of hydrogen-bond donors (Lipinski definition) is 0. The quantitative estimate of drug-likeness (QED) is 0.522. The van der Waals surface area contributed by atoms with Crippen molar-refractivity contribution in [2.45, 2.75) is 70.6 Å². The minimum absolute atomic E-state index is 0.00200. The molecule has 5 heteroatoms. The first-order valence-corrected chi connectivity index (χ1v) is 9.88. The fraction of sp³-hybridized carbons (Fsp3) is 0.714. The number of hydrogen-bond acceptors (Lipinski definition) is 1. The number of halogens is 4. The fourth-order valence-corrected chi connectivity index (χ4v) is 5.09. The van der Waals surface area contributed by atoms with Crippen molar-refractivity contribution in [3.63, 3.8) is 0 Å². The van der Waals surface area contributed by atoms with E-state index < -0.39 is 29.4 Å². The Morgan fingerprint density at radius 2 is 1.77 bits per heavy atom. The second kappa shape index (κ2) is 7.77. The summed E-state index contributed by atoms with van der Waals surface area (Å²) in [5.74, 6) is -5.90. The van der Waals surface area contributed by atoms with Crippen LogP contribution in [-0.4, -0.2) is 12.5 Å². The van der Waals surface area contributed by atoms with E-state index in [-0.39, 0.29) is 24.2 Å². The van der Waals surface area contributed by atoms with Crippen molar-refractivity contribution in [2.24, 2.45) is 17.8 Å². The van der Waals surface area contributed by atoms with Gasteiger partial charge in [0.2, 0.25) is 5.82 Å². The lowest BCUT2D eigenvalue weighted by Crippen LogP contribution is -2.30. The van der Waals surface area contributed by atoms with Gasteiger partial charge >= 0.3 is 0 Å². The number of ether oxygens (including phenoxy) is 1. The van der Waals surface area contributed by atoms with Crippen LogP contribution in [0.3, 0.4) is 0 Å². The Labute approximate surface area is 153 Å². The summed E-state index contributed by atoms with van der Waals surface area (Å²) in [5.41, 5.74) is 0.305. The molecule has 0 bridgehead atoms. The van der Waals surface area contributed by atoms with Crippen molar-refractivity contribution in [1.29, 1.82) is 0 Å². The molecule has 3 rings (SSSR count). The first-order chi connectivity index (χ1) is 12.4. The summed E-state index contributed by atoms with van der Waals surface area (Å²) in [7, 11) is 0. The van der Waals surface area contributed by atoms with Crippen LogP contribution in [-0.2, 0) is 0 Å². The van der Waals surface area contributed by atoms with Crippen LogP contribution in [0.15, 0.2) is 12.1 Å². The summed E-state index contributed by atoms with van der Waals surface area (Å²) in [6.45, 7) is 3.92. The molecule has 4 unspecified atom stereocenters. The normalized spacial score (nSPS) is 30.7. The number of rotatable bonds is 5. The van der Waals surface area contributed by atoms with E-state index in [4.69, 9.17) is 4.74 Å². The molecule has 0 heterocycles. The summed E-state index contributed by atoms with van der Waals surface area (Å²) >= 11 is 0. The van der Waals surface area contributed by atoms with Gasteiger partial charge in [0.1, 0.15) is 0 Å². The Balaban J connectivity index is 1.76. The van der Waals surface area contributed by atoms with Crippen molar-refractivity contribution in [3.8, 4) is 5.75 Å². The largest absolute Gasteiger partial charge is 0.491 e. The Morgan fingerprint density at radius 3 is 2.46 bits per heavy atom.